The van der Waals surface area contributed by atoms with Crippen LogP contribution in [0.5, 0.6) is 0 Å². The Morgan fingerprint density at radius 3 is 2.60 bits per heavy atom. The Morgan fingerprint density at radius 2 is 1.87 bits per heavy atom. The maximum Gasteiger partial charge on any atom is 0.255 e. The highest BCUT2D eigenvalue weighted by atomic mass is 79.9. The molecule has 2 N–H and O–H groups in total. The second kappa shape index (κ2) is 10.4. The fourth-order valence-electron chi connectivity index (χ4n) is 3.49. The summed E-state index contributed by atoms with van der Waals surface area (Å²) in [7, 11) is 0. The van der Waals surface area contributed by atoms with Gasteiger partial charge in [-0.1, -0.05) is 35.3 Å². The third kappa shape index (κ3) is 5.48. The van der Waals surface area contributed by atoms with Gasteiger partial charge in [0.05, 0.1) is 0 Å². The van der Waals surface area contributed by atoms with Crippen LogP contribution in [0.1, 0.15) is 53.3 Å². The van der Waals surface area contributed by atoms with Gasteiger partial charge in [0.15, 0.2) is 0 Å². The quantitative estimate of drug-likeness (QED) is 0.593. The number of unbranched alkanes of at least 4 members (excludes halogenated alkanes) is 1. The molecule has 0 aromatic heterocycles. The predicted molar refractivity (Wildman–Crippen MR) is 121 cm³/mol. The fraction of sp³-hybridized carbons (Fsp3) is 0.348. The molecular formula is C23H26BrN3O3. The van der Waals surface area contributed by atoms with E-state index in [1.54, 1.807) is 53.4 Å². The van der Waals surface area contributed by atoms with Crippen LogP contribution in [0.25, 0.3) is 0 Å². The standard InChI is InChI=1S/C23H26BrN3O3/c1-2-3-13-25-22(29)20-8-5-14-27(20)23(30)17-6-4-7-19(15-17)26-21(28)16-9-11-18(24)12-10-16/h4,6-7,9-12,15,20H,2-3,5,8,13-14H2,1H3,(H,25,29)(H,26,28). The van der Waals surface area contributed by atoms with E-state index in [4.69, 9.17) is 0 Å². The van der Waals surface area contributed by atoms with E-state index in [-0.39, 0.29) is 17.7 Å². The van der Waals surface area contributed by atoms with Gasteiger partial charge in [0, 0.05) is 34.4 Å². The van der Waals surface area contributed by atoms with E-state index in [1.807, 2.05) is 0 Å². The first-order valence-electron chi connectivity index (χ1n) is 10.2. The zero-order chi connectivity index (χ0) is 21.5. The van der Waals surface area contributed by atoms with Crippen molar-refractivity contribution >= 4 is 39.3 Å². The van der Waals surface area contributed by atoms with Crippen LogP contribution in [-0.2, 0) is 4.79 Å². The van der Waals surface area contributed by atoms with Crippen molar-refractivity contribution in [2.75, 3.05) is 18.4 Å². The van der Waals surface area contributed by atoms with Gasteiger partial charge >= 0.3 is 0 Å². The van der Waals surface area contributed by atoms with E-state index < -0.39 is 6.04 Å². The zero-order valence-electron chi connectivity index (χ0n) is 17.0. The van der Waals surface area contributed by atoms with Crippen molar-refractivity contribution in [2.24, 2.45) is 0 Å². The second-order valence-electron chi connectivity index (χ2n) is 7.34. The third-order valence-electron chi connectivity index (χ3n) is 5.12. The van der Waals surface area contributed by atoms with Gasteiger partial charge in [0.25, 0.3) is 11.8 Å². The lowest BCUT2D eigenvalue weighted by Crippen LogP contribution is -2.46. The van der Waals surface area contributed by atoms with Crippen LogP contribution in [-0.4, -0.2) is 41.8 Å². The highest BCUT2D eigenvalue weighted by Crippen LogP contribution is 2.22. The first kappa shape index (κ1) is 22.0. The summed E-state index contributed by atoms with van der Waals surface area (Å²) in [5.74, 6) is -0.529. The van der Waals surface area contributed by atoms with Crippen molar-refractivity contribution in [1.29, 1.82) is 0 Å². The SMILES string of the molecule is CCCCNC(=O)C1CCCN1C(=O)c1cccc(NC(=O)c2ccc(Br)cc2)c1. The van der Waals surface area contributed by atoms with Crippen LogP contribution < -0.4 is 10.6 Å². The smallest absolute Gasteiger partial charge is 0.255 e. The first-order chi connectivity index (χ1) is 14.5. The Hall–Kier alpha value is -2.67. The molecule has 1 unspecified atom stereocenters. The van der Waals surface area contributed by atoms with Crippen LogP contribution >= 0.6 is 15.9 Å². The maximum atomic E-state index is 13.1. The Bertz CT molecular complexity index is 914. The van der Waals surface area contributed by atoms with Gasteiger partial charge in [-0.2, -0.15) is 0 Å². The lowest BCUT2D eigenvalue weighted by Gasteiger charge is -2.24. The molecule has 1 fully saturated rings. The molecule has 30 heavy (non-hydrogen) atoms. The van der Waals surface area contributed by atoms with E-state index in [1.165, 1.54) is 0 Å². The number of hydrogen-bond acceptors (Lipinski definition) is 3. The molecule has 0 saturated carbocycles. The average molecular weight is 472 g/mol. The number of likely N-dealkylation sites (tertiary alicyclic amines) is 1. The normalized spacial score (nSPS) is 15.7. The van der Waals surface area contributed by atoms with Gasteiger partial charge in [-0.05, 0) is 61.7 Å². The van der Waals surface area contributed by atoms with E-state index in [0.717, 1.165) is 23.7 Å². The fourth-order valence-corrected chi connectivity index (χ4v) is 3.75. The number of anilines is 1. The zero-order valence-corrected chi connectivity index (χ0v) is 18.6. The Balaban J connectivity index is 1.68. The van der Waals surface area contributed by atoms with Gasteiger partial charge in [-0.25, -0.2) is 0 Å². The molecule has 3 amide bonds. The van der Waals surface area contributed by atoms with Crippen molar-refractivity contribution in [3.63, 3.8) is 0 Å². The second-order valence-corrected chi connectivity index (χ2v) is 8.26. The molecule has 0 aliphatic carbocycles. The number of carbonyl (C=O) groups is 3. The third-order valence-corrected chi connectivity index (χ3v) is 5.65. The molecule has 1 atom stereocenters. The molecule has 3 rings (SSSR count). The van der Waals surface area contributed by atoms with Crippen LogP contribution in [0.3, 0.4) is 0 Å². The molecule has 1 saturated heterocycles. The molecule has 2 aromatic carbocycles. The van der Waals surface area contributed by atoms with Crippen molar-refractivity contribution < 1.29 is 14.4 Å². The maximum absolute atomic E-state index is 13.1. The van der Waals surface area contributed by atoms with E-state index in [0.29, 0.717) is 36.3 Å². The number of nitrogens with one attached hydrogen (secondary N) is 2. The van der Waals surface area contributed by atoms with E-state index >= 15 is 0 Å². The molecule has 2 aromatic rings. The number of halogens is 1. The summed E-state index contributed by atoms with van der Waals surface area (Å²) in [5, 5.41) is 5.76. The van der Waals surface area contributed by atoms with Gasteiger partial charge in [0.1, 0.15) is 6.04 Å². The molecule has 0 spiro atoms. The molecule has 0 radical (unpaired) electrons. The van der Waals surface area contributed by atoms with E-state index in [9.17, 15) is 14.4 Å². The van der Waals surface area contributed by atoms with Crippen molar-refractivity contribution in [2.45, 2.75) is 38.6 Å². The first-order valence-corrected chi connectivity index (χ1v) is 11.0. The highest BCUT2D eigenvalue weighted by molar-refractivity contribution is 9.10. The minimum atomic E-state index is -0.435. The summed E-state index contributed by atoms with van der Waals surface area (Å²) >= 11 is 3.35. The summed E-state index contributed by atoms with van der Waals surface area (Å²) in [6.07, 6.45) is 3.40. The summed E-state index contributed by atoms with van der Waals surface area (Å²) in [4.78, 5) is 39.6. The minimum Gasteiger partial charge on any atom is -0.354 e. The van der Waals surface area contributed by atoms with Gasteiger partial charge in [0.2, 0.25) is 5.91 Å². The highest BCUT2D eigenvalue weighted by Gasteiger charge is 2.34. The Labute approximate surface area is 185 Å². The summed E-state index contributed by atoms with van der Waals surface area (Å²) in [6, 6.07) is 13.5. The topological polar surface area (TPSA) is 78.5 Å². The largest absolute Gasteiger partial charge is 0.354 e. The van der Waals surface area contributed by atoms with Gasteiger partial charge in [-0.15, -0.1) is 0 Å². The number of benzene rings is 2. The number of nitrogens with zero attached hydrogens (tertiary/aromatic N) is 1. The summed E-state index contributed by atoms with van der Waals surface area (Å²) < 4.78 is 0.894. The molecule has 1 aliphatic heterocycles. The molecular weight excluding hydrogens is 446 g/mol. The predicted octanol–water partition coefficient (Wildman–Crippen LogP) is 4.22. The van der Waals surface area contributed by atoms with Gasteiger partial charge in [-0.3, -0.25) is 14.4 Å². The molecule has 6 nitrogen and oxygen atoms in total. The van der Waals surface area contributed by atoms with Crippen molar-refractivity contribution in [3.05, 3.63) is 64.1 Å². The number of hydrogen-bond donors (Lipinski definition) is 2. The number of rotatable bonds is 7. The van der Waals surface area contributed by atoms with Crippen LogP contribution in [0.15, 0.2) is 53.0 Å². The Morgan fingerprint density at radius 1 is 1.10 bits per heavy atom. The van der Waals surface area contributed by atoms with Gasteiger partial charge < -0.3 is 15.5 Å². The van der Waals surface area contributed by atoms with Crippen LogP contribution in [0.2, 0.25) is 0 Å². The monoisotopic (exact) mass is 471 g/mol. The van der Waals surface area contributed by atoms with E-state index in [2.05, 4.69) is 33.5 Å². The molecule has 158 valence electrons. The minimum absolute atomic E-state index is 0.0889. The summed E-state index contributed by atoms with van der Waals surface area (Å²) in [5.41, 5.74) is 1.52. The lowest BCUT2D eigenvalue weighted by atomic mass is 10.1. The average Bonchev–Trinajstić information content (AvgIpc) is 3.24. The van der Waals surface area contributed by atoms with Crippen LogP contribution in [0.4, 0.5) is 5.69 Å². The molecule has 0 bridgehead atoms. The molecule has 7 heteroatoms. The van der Waals surface area contributed by atoms with Crippen molar-refractivity contribution in [1.82, 2.24) is 10.2 Å². The summed E-state index contributed by atoms with van der Waals surface area (Å²) in [6.45, 7) is 3.26. The van der Waals surface area contributed by atoms with Crippen molar-refractivity contribution in [3.8, 4) is 0 Å². The number of carbonyl (C=O) groups excluding carboxylic acids is 3. The lowest BCUT2D eigenvalue weighted by molar-refractivity contribution is -0.124. The number of amides is 3. The Kier molecular flexibility index (Phi) is 7.63. The molecule has 1 heterocycles. The van der Waals surface area contributed by atoms with Crippen LogP contribution in [0, 0.1) is 0 Å². The molecule has 1 aliphatic rings.